The summed E-state index contributed by atoms with van der Waals surface area (Å²) in [5.74, 6) is -1.15. The largest absolute Gasteiger partial charge is 0.465 e. The summed E-state index contributed by atoms with van der Waals surface area (Å²) in [6.07, 6.45) is 1.60. The number of hydrogen-bond donors (Lipinski definition) is 0. The van der Waals surface area contributed by atoms with Crippen molar-refractivity contribution in [3.05, 3.63) is 47.7 Å². The third-order valence-electron chi connectivity index (χ3n) is 3.38. The average Bonchev–Trinajstić information content (AvgIpc) is 2.52. The van der Waals surface area contributed by atoms with E-state index in [-0.39, 0.29) is 18.6 Å². The lowest BCUT2D eigenvalue weighted by Gasteiger charge is -2.26. The van der Waals surface area contributed by atoms with Crippen LogP contribution in [0.5, 0.6) is 0 Å². The second-order valence-corrected chi connectivity index (χ2v) is 5.66. The number of ether oxygens (including phenoxy) is 1. The molecule has 0 aliphatic carbocycles. The van der Waals surface area contributed by atoms with Gasteiger partial charge in [0.2, 0.25) is 0 Å². The standard InChI is InChI=1S/C18H22N2O3/c1-5-23-17(22)18(2,11-14-9-7-6-8-10-14)16(21)15(12-19)13-20(3)4/h6-10,13H,5,11H2,1-4H3. The number of Topliss-reactive ketones (excluding diaryl/α,β-unsaturated/α-hetero) is 1. The molecule has 122 valence electrons. The monoisotopic (exact) mass is 314 g/mol. The van der Waals surface area contributed by atoms with Gasteiger partial charge in [-0.15, -0.1) is 0 Å². The van der Waals surface area contributed by atoms with E-state index < -0.39 is 17.2 Å². The van der Waals surface area contributed by atoms with Crippen LogP contribution < -0.4 is 0 Å². The Hall–Kier alpha value is -2.61. The normalized spacial score (nSPS) is 13.6. The predicted molar refractivity (Wildman–Crippen MR) is 87.3 cm³/mol. The van der Waals surface area contributed by atoms with Gasteiger partial charge in [-0.1, -0.05) is 30.3 Å². The summed E-state index contributed by atoms with van der Waals surface area (Å²) in [7, 11) is 3.42. The molecule has 1 unspecified atom stereocenters. The van der Waals surface area contributed by atoms with Gasteiger partial charge in [0.15, 0.2) is 5.78 Å². The van der Waals surface area contributed by atoms with Crippen LogP contribution in [0.15, 0.2) is 42.1 Å². The molecule has 1 atom stereocenters. The van der Waals surface area contributed by atoms with Crippen molar-refractivity contribution in [3.8, 4) is 6.07 Å². The van der Waals surface area contributed by atoms with E-state index in [0.29, 0.717) is 0 Å². The van der Waals surface area contributed by atoms with E-state index in [1.54, 1.807) is 25.9 Å². The highest BCUT2D eigenvalue weighted by Crippen LogP contribution is 2.29. The van der Waals surface area contributed by atoms with Crippen LogP contribution in [-0.2, 0) is 20.7 Å². The first-order valence-electron chi connectivity index (χ1n) is 7.39. The molecule has 1 aromatic rings. The van der Waals surface area contributed by atoms with Crippen LogP contribution in [0, 0.1) is 16.7 Å². The Labute approximate surface area is 137 Å². The summed E-state index contributed by atoms with van der Waals surface area (Å²) >= 11 is 0. The van der Waals surface area contributed by atoms with Crippen LogP contribution in [0.2, 0.25) is 0 Å². The van der Waals surface area contributed by atoms with E-state index in [2.05, 4.69) is 0 Å². The molecule has 0 amide bonds. The van der Waals surface area contributed by atoms with Gasteiger partial charge in [-0.3, -0.25) is 9.59 Å². The predicted octanol–water partition coefficient (Wildman–Crippen LogP) is 2.34. The molecule has 0 aliphatic heterocycles. The lowest BCUT2D eigenvalue weighted by molar-refractivity contribution is -0.157. The zero-order chi connectivity index (χ0) is 17.5. The molecule has 1 rings (SSSR count). The first-order chi connectivity index (χ1) is 10.8. The molecule has 5 heteroatoms. The molecular formula is C18H22N2O3. The number of esters is 1. The van der Waals surface area contributed by atoms with E-state index in [9.17, 15) is 14.9 Å². The summed E-state index contributed by atoms with van der Waals surface area (Å²) in [5.41, 5.74) is -0.672. The molecule has 1 aromatic carbocycles. The van der Waals surface area contributed by atoms with Gasteiger partial charge in [-0.05, 0) is 25.8 Å². The number of hydrogen-bond acceptors (Lipinski definition) is 5. The minimum absolute atomic E-state index is 0.0681. The third-order valence-corrected chi connectivity index (χ3v) is 3.38. The molecular weight excluding hydrogens is 292 g/mol. The van der Waals surface area contributed by atoms with E-state index in [1.165, 1.54) is 13.1 Å². The number of ketones is 1. The Kier molecular flexibility index (Phi) is 6.52. The smallest absolute Gasteiger partial charge is 0.320 e. The molecule has 0 fully saturated rings. The van der Waals surface area contributed by atoms with Crippen molar-refractivity contribution < 1.29 is 14.3 Å². The van der Waals surface area contributed by atoms with Crippen LogP contribution in [0.25, 0.3) is 0 Å². The number of benzene rings is 1. The fourth-order valence-electron chi connectivity index (χ4n) is 2.23. The Balaban J connectivity index is 3.26. The van der Waals surface area contributed by atoms with Gasteiger partial charge in [0.25, 0.3) is 0 Å². The quantitative estimate of drug-likeness (QED) is 0.334. The van der Waals surface area contributed by atoms with Gasteiger partial charge in [0, 0.05) is 20.3 Å². The summed E-state index contributed by atoms with van der Waals surface area (Å²) in [6, 6.07) is 11.1. The van der Waals surface area contributed by atoms with E-state index in [0.717, 1.165) is 5.56 Å². The number of carbonyl (C=O) groups excluding carboxylic acids is 2. The maximum absolute atomic E-state index is 12.8. The van der Waals surface area contributed by atoms with Gasteiger partial charge in [0.1, 0.15) is 17.1 Å². The molecule has 23 heavy (non-hydrogen) atoms. The van der Waals surface area contributed by atoms with Crippen molar-refractivity contribution in [3.63, 3.8) is 0 Å². The zero-order valence-electron chi connectivity index (χ0n) is 14.0. The minimum atomic E-state index is -1.44. The molecule has 0 N–H and O–H groups in total. The summed E-state index contributed by atoms with van der Waals surface area (Å²) in [5, 5.41) is 9.27. The summed E-state index contributed by atoms with van der Waals surface area (Å²) < 4.78 is 5.09. The van der Waals surface area contributed by atoms with Crippen LogP contribution >= 0.6 is 0 Å². The zero-order valence-corrected chi connectivity index (χ0v) is 14.0. The Bertz CT molecular complexity index is 629. The van der Waals surface area contributed by atoms with Gasteiger partial charge in [0.05, 0.1) is 6.61 Å². The van der Waals surface area contributed by atoms with Crippen molar-refractivity contribution in [2.24, 2.45) is 5.41 Å². The Morgan fingerprint density at radius 3 is 2.39 bits per heavy atom. The number of allylic oxidation sites excluding steroid dienone is 1. The minimum Gasteiger partial charge on any atom is -0.465 e. The lowest BCUT2D eigenvalue weighted by Crippen LogP contribution is -2.41. The fourth-order valence-corrected chi connectivity index (χ4v) is 2.23. The topological polar surface area (TPSA) is 70.4 Å². The SMILES string of the molecule is CCOC(=O)C(C)(Cc1ccccc1)C(=O)C(C#N)=CN(C)C. The van der Waals surface area contributed by atoms with Crippen molar-refractivity contribution in [2.45, 2.75) is 20.3 Å². The average molecular weight is 314 g/mol. The lowest BCUT2D eigenvalue weighted by atomic mass is 9.77. The van der Waals surface area contributed by atoms with E-state index >= 15 is 0 Å². The first kappa shape index (κ1) is 18.4. The molecule has 0 aliphatic rings. The third kappa shape index (κ3) is 4.68. The molecule has 0 heterocycles. The molecule has 0 saturated carbocycles. The van der Waals surface area contributed by atoms with Gasteiger partial charge < -0.3 is 9.64 Å². The highest BCUT2D eigenvalue weighted by molar-refractivity contribution is 6.13. The Morgan fingerprint density at radius 1 is 1.30 bits per heavy atom. The van der Waals surface area contributed by atoms with E-state index in [1.807, 2.05) is 36.4 Å². The van der Waals surface area contributed by atoms with Crippen molar-refractivity contribution in [1.82, 2.24) is 4.90 Å². The second-order valence-electron chi connectivity index (χ2n) is 5.66. The van der Waals surface area contributed by atoms with Crippen LogP contribution in [-0.4, -0.2) is 37.4 Å². The van der Waals surface area contributed by atoms with Crippen LogP contribution in [0.4, 0.5) is 0 Å². The van der Waals surface area contributed by atoms with Gasteiger partial charge >= 0.3 is 5.97 Å². The summed E-state index contributed by atoms with van der Waals surface area (Å²) in [4.78, 5) is 26.9. The molecule has 0 saturated heterocycles. The molecule has 5 nitrogen and oxygen atoms in total. The van der Waals surface area contributed by atoms with E-state index in [4.69, 9.17) is 4.74 Å². The van der Waals surface area contributed by atoms with Gasteiger partial charge in [-0.2, -0.15) is 5.26 Å². The van der Waals surface area contributed by atoms with Crippen molar-refractivity contribution in [1.29, 1.82) is 5.26 Å². The molecule has 0 aromatic heterocycles. The van der Waals surface area contributed by atoms with Crippen LogP contribution in [0.3, 0.4) is 0 Å². The number of rotatable bonds is 7. The van der Waals surface area contributed by atoms with Crippen LogP contribution in [0.1, 0.15) is 19.4 Å². The maximum Gasteiger partial charge on any atom is 0.320 e. The second kappa shape index (κ2) is 8.14. The Morgan fingerprint density at radius 2 is 1.91 bits per heavy atom. The number of nitriles is 1. The summed E-state index contributed by atoms with van der Waals surface area (Å²) in [6.45, 7) is 3.39. The van der Waals surface area contributed by atoms with Crippen molar-refractivity contribution >= 4 is 11.8 Å². The van der Waals surface area contributed by atoms with Crippen molar-refractivity contribution in [2.75, 3.05) is 20.7 Å². The first-order valence-corrected chi connectivity index (χ1v) is 7.39. The molecule has 0 radical (unpaired) electrons. The number of carbonyl (C=O) groups is 2. The molecule has 0 bridgehead atoms. The highest BCUT2D eigenvalue weighted by atomic mass is 16.5. The van der Waals surface area contributed by atoms with Gasteiger partial charge in [-0.25, -0.2) is 0 Å². The highest BCUT2D eigenvalue weighted by Gasteiger charge is 2.44. The molecule has 0 spiro atoms. The maximum atomic E-state index is 12.8. The number of nitrogens with zero attached hydrogens (tertiary/aromatic N) is 2. The fraction of sp³-hybridized carbons (Fsp3) is 0.389.